The number of anilines is 1. The molecule has 5 heteroatoms. The van der Waals surface area contributed by atoms with E-state index in [2.05, 4.69) is 0 Å². The minimum Gasteiger partial charge on any atom is -0.398 e. The molecule has 2 aromatic rings. The van der Waals surface area contributed by atoms with E-state index in [1.165, 1.54) is 12.1 Å². The second-order valence-electron chi connectivity index (χ2n) is 4.26. The molecule has 0 aliphatic rings. The zero-order valence-corrected chi connectivity index (χ0v) is 10.8. The lowest BCUT2D eigenvalue weighted by Crippen LogP contribution is -2.04. The van der Waals surface area contributed by atoms with Crippen LogP contribution in [0.4, 0.5) is 18.9 Å². The van der Waals surface area contributed by atoms with E-state index in [1.54, 1.807) is 12.1 Å². The standard InChI is InChI=1S/C14H11ClF3N/c1-8-6-11(12(15)7-13(8)19)9-2-4-10(5-3-9)14(16,17)18/h2-7H,19H2,1H3. The SMILES string of the molecule is Cc1cc(-c2ccc(C(F)(F)F)cc2)c(Cl)cc1N. The molecule has 0 atom stereocenters. The average molecular weight is 286 g/mol. The van der Waals surface area contributed by atoms with E-state index in [0.29, 0.717) is 21.8 Å². The van der Waals surface area contributed by atoms with Gasteiger partial charge in [0.05, 0.1) is 10.6 Å². The minimum absolute atomic E-state index is 0.419. The molecule has 0 radical (unpaired) electrons. The normalized spacial score (nSPS) is 11.6. The topological polar surface area (TPSA) is 26.0 Å². The van der Waals surface area contributed by atoms with Crippen molar-refractivity contribution in [3.63, 3.8) is 0 Å². The predicted octanol–water partition coefficient (Wildman–Crippen LogP) is 4.92. The molecule has 0 bridgehead atoms. The molecule has 2 aromatic carbocycles. The quantitative estimate of drug-likeness (QED) is 0.740. The van der Waals surface area contributed by atoms with E-state index in [9.17, 15) is 13.2 Å². The third-order valence-corrected chi connectivity index (χ3v) is 3.19. The molecule has 0 aliphatic heterocycles. The summed E-state index contributed by atoms with van der Waals surface area (Å²) < 4.78 is 37.4. The number of hydrogen-bond donors (Lipinski definition) is 1. The van der Waals surface area contributed by atoms with Crippen molar-refractivity contribution in [3.05, 3.63) is 52.5 Å². The van der Waals surface area contributed by atoms with E-state index in [-0.39, 0.29) is 0 Å². The summed E-state index contributed by atoms with van der Waals surface area (Å²) in [6.07, 6.45) is -4.33. The van der Waals surface area contributed by atoms with Gasteiger partial charge in [-0.15, -0.1) is 0 Å². The smallest absolute Gasteiger partial charge is 0.398 e. The van der Waals surface area contributed by atoms with Gasteiger partial charge in [-0.05, 0) is 42.3 Å². The van der Waals surface area contributed by atoms with Crippen LogP contribution >= 0.6 is 11.6 Å². The van der Waals surface area contributed by atoms with Crippen LogP contribution in [0.5, 0.6) is 0 Å². The Hall–Kier alpha value is -1.68. The maximum absolute atomic E-state index is 12.5. The molecule has 0 spiro atoms. The Kier molecular flexibility index (Phi) is 3.45. The van der Waals surface area contributed by atoms with E-state index in [1.807, 2.05) is 6.92 Å². The van der Waals surface area contributed by atoms with Crippen molar-refractivity contribution < 1.29 is 13.2 Å². The van der Waals surface area contributed by atoms with E-state index >= 15 is 0 Å². The number of nitrogen functional groups attached to an aromatic ring is 1. The van der Waals surface area contributed by atoms with Crippen LogP contribution in [0.25, 0.3) is 11.1 Å². The van der Waals surface area contributed by atoms with E-state index in [0.717, 1.165) is 17.7 Å². The van der Waals surface area contributed by atoms with Crippen LogP contribution in [0.2, 0.25) is 5.02 Å². The molecule has 0 amide bonds. The largest absolute Gasteiger partial charge is 0.416 e. The van der Waals surface area contributed by atoms with Crippen LogP contribution < -0.4 is 5.73 Å². The molecule has 2 rings (SSSR count). The van der Waals surface area contributed by atoms with Crippen molar-refractivity contribution in [3.8, 4) is 11.1 Å². The first kappa shape index (κ1) is 13.7. The number of aryl methyl sites for hydroxylation is 1. The van der Waals surface area contributed by atoms with Crippen molar-refractivity contribution >= 4 is 17.3 Å². The monoisotopic (exact) mass is 285 g/mol. The van der Waals surface area contributed by atoms with Gasteiger partial charge in [0, 0.05) is 11.3 Å². The Labute approximate surface area is 113 Å². The molecule has 1 nitrogen and oxygen atoms in total. The van der Waals surface area contributed by atoms with Crippen LogP contribution in [-0.2, 0) is 6.18 Å². The van der Waals surface area contributed by atoms with Crippen LogP contribution in [-0.4, -0.2) is 0 Å². The van der Waals surface area contributed by atoms with Crippen molar-refractivity contribution in [1.82, 2.24) is 0 Å². The summed E-state index contributed by atoms with van der Waals surface area (Å²) in [6, 6.07) is 8.25. The van der Waals surface area contributed by atoms with Crippen molar-refractivity contribution in [1.29, 1.82) is 0 Å². The molecule has 0 heterocycles. The van der Waals surface area contributed by atoms with Gasteiger partial charge >= 0.3 is 6.18 Å². The number of halogens is 4. The maximum atomic E-state index is 12.5. The molecule has 0 aromatic heterocycles. The summed E-state index contributed by atoms with van der Waals surface area (Å²) in [6.45, 7) is 1.82. The van der Waals surface area contributed by atoms with Crippen LogP contribution in [0.3, 0.4) is 0 Å². The molecule has 0 aliphatic carbocycles. The Balaban J connectivity index is 2.46. The van der Waals surface area contributed by atoms with Crippen molar-refractivity contribution in [2.75, 3.05) is 5.73 Å². The maximum Gasteiger partial charge on any atom is 0.416 e. The summed E-state index contributed by atoms with van der Waals surface area (Å²) in [5.74, 6) is 0. The Bertz CT molecular complexity index is 603. The highest BCUT2D eigenvalue weighted by atomic mass is 35.5. The van der Waals surface area contributed by atoms with Crippen LogP contribution in [0, 0.1) is 6.92 Å². The van der Waals surface area contributed by atoms with Gasteiger partial charge in [-0.2, -0.15) is 13.2 Å². The van der Waals surface area contributed by atoms with Crippen LogP contribution in [0.1, 0.15) is 11.1 Å². The fourth-order valence-electron chi connectivity index (χ4n) is 1.76. The van der Waals surface area contributed by atoms with Crippen molar-refractivity contribution in [2.24, 2.45) is 0 Å². The number of hydrogen-bond acceptors (Lipinski definition) is 1. The van der Waals surface area contributed by atoms with Gasteiger partial charge < -0.3 is 5.73 Å². The Morgan fingerprint density at radius 2 is 1.63 bits per heavy atom. The lowest BCUT2D eigenvalue weighted by Gasteiger charge is -2.10. The Morgan fingerprint density at radius 1 is 1.05 bits per heavy atom. The highest BCUT2D eigenvalue weighted by Gasteiger charge is 2.30. The lowest BCUT2D eigenvalue weighted by atomic mass is 10.0. The molecule has 100 valence electrons. The van der Waals surface area contributed by atoms with Gasteiger partial charge in [0.25, 0.3) is 0 Å². The summed E-state index contributed by atoms with van der Waals surface area (Å²) in [7, 11) is 0. The van der Waals surface area contributed by atoms with Gasteiger partial charge in [-0.3, -0.25) is 0 Å². The first-order chi connectivity index (χ1) is 8.79. The predicted molar refractivity (Wildman–Crippen MR) is 71.0 cm³/mol. The molecule has 0 saturated heterocycles. The average Bonchev–Trinajstić information content (AvgIpc) is 2.33. The molecule has 2 N–H and O–H groups in total. The zero-order valence-electron chi connectivity index (χ0n) is 10.1. The fourth-order valence-corrected chi connectivity index (χ4v) is 2.04. The number of rotatable bonds is 1. The van der Waals surface area contributed by atoms with Gasteiger partial charge in [0.1, 0.15) is 0 Å². The molecular weight excluding hydrogens is 275 g/mol. The van der Waals surface area contributed by atoms with E-state index < -0.39 is 11.7 Å². The summed E-state index contributed by atoms with van der Waals surface area (Å²) in [5, 5.41) is 0.419. The zero-order chi connectivity index (χ0) is 14.2. The van der Waals surface area contributed by atoms with Gasteiger partial charge in [0.15, 0.2) is 0 Å². The molecular formula is C14H11ClF3N. The molecule has 0 unspecified atom stereocenters. The number of alkyl halides is 3. The second kappa shape index (κ2) is 4.78. The highest BCUT2D eigenvalue weighted by molar-refractivity contribution is 6.33. The first-order valence-corrected chi connectivity index (χ1v) is 5.90. The molecule has 0 saturated carbocycles. The lowest BCUT2D eigenvalue weighted by molar-refractivity contribution is -0.137. The summed E-state index contributed by atoms with van der Waals surface area (Å²) in [4.78, 5) is 0. The van der Waals surface area contributed by atoms with E-state index in [4.69, 9.17) is 17.3 Å². The fraction of sp³-hybridized carbons (Fsp3) is 0.143. The van der Waals surface area contributed by atoms with Crippen LogP contribution in [0.15, 0.2) is 36.4 Å². The second-order valence-corrected chi connectivity index (χ2v) is 4.67. The summed E-state index contributed by atoms with van der Waals surface area (Å²) >= 11 is 6.06. The van der Waals surface area contributed by atoms with Gasteiger partial charge in [-0.25, -0.2) is 0 Å². The van der Waals surface area contributed by atoms with Crippen molar-refractivity contribution in [2.45, 2.75) is 13.1 Å². The minimum atomic E-state index is -4.33. The number of benzene rings is 2. The third kappa shape index (κ3) is 2.84. The highest BCUT2D eigenvalue weighted by Crippen LogP contribution is 2.34. The number of nitrogens with two attached hydrogens (primary N) is 1. The van der Waals surface area contributed by atoms with Gasteiger partial charge in [-0.1, -0.05) is 23.7 Å². The third-order valence-electron chi connectivity index (χ3n) is 2.88. The molecule has 0 fully saturated rings. The summed E-state index contributed by atoms with van der Waals surface area (Å²) in [5.41, 5.74) is 7.72. The molecule has 19 heavy (non-hydrogen) atoms. The Morgan fingerprint density at radius 3 is 2.16 bits per heavy atom. The van der Waals surface area contributed by atoms with Gasteiger partial charge in [0.2, 0.25) is 0 Å². The first-order valence-electron chi connectivity index (χ1n) is 5.52.